The lowest BCUT2D eigenvalue weighted by Crippen LogP contribution is -1.98. The standard InChI is InChI=1S/C12H14N2O2/c1-3-14-12(11(15)8-13-14)9-4-6-10(16-2)7-5-9/h4-8,15H,3H2,1-2H3. The summed E-state index contributed by atoms with van der Waals surface area (Å²) in [6, 6.07) is 7.53. The summed E-state index contributed by atoms with van der Waals surface area (Å²) in [6.07, 6.45) is 1.46. The zero-order chi connectivity index (χ0) is 11.5. The molecule has 0 spiro atoms. The largest absolute Gasteiger partial charge is 0.504 e. The second kappa shape index (κ2) is 4.26. The van der Waals surface area contributed by atoms with Crippen LogP contribution in [0.15, 0.2) is 30.5 Å². The number of nitrogens with zero attached hydrogens (tertiary/aromatic N) is 2. The first-order chi connectivity index (χ1) is 7.76. The Kier molecular flexibility index (Phi) is 2.81. The summed E-state index contributed by atoms with van der Waals surface area (Å²) < 4.78 is 6.85. The molecular formula is C12H14N2O2. The lowest BCUT2D eigenvalue weighted by molar-refractivity contribution is 0.415. The molecule has 0 atom stereocenters. The SMILES string of the molecule is CCn1ncc(O)c1-c1ccc(OC)cc1. The quantitative estimate of drug-likeness (QED) is 0.859. The number of aromatic nitrogens is 2. The van der Waals surface area contributed by atoms with Gasteiger partial charge in [0.1, 0.15) is 11.4 Å². The van der Waals surface area contributed by atoms with Crippen LogP contribution in [0.4, 0.5) is 0 Å². The van der Waals surface area contributed by atoms with Crippen molar-refractivity contribution in [2.45, 2.75) is 13.5 Å². The molecule has 84 valence electrons. The highest BCUT2D eigenvalue weighted by molar-refractivity contribution is 5.66. The molecule has 4 nitrogen and oxygen atoms in total. The molecule has 0 saturated heterocycles. The molecule has 4 heteroatoms. The van der Waals surface area contributed by atoms with Gasteiger partial charge in [0.25, 0.3) is 0 Å². The summed E-state index contributed by atoms with van der Waals surface area (Å²) in [5.41, 5.74) is 1.67. The van der Waals surface area contributed by atoms with Gasteiger partial charge in [0.2, 0.25) is 0 Å². The van der Waals surface area contributed by atoms with Gasteiger partial charge in [-0.15, -0.1) is 0 Å². The van der Waals surface area contributed by atoms with Crippen LogP contribution in [0.25, 0.3) is 11.3 Å². The van der Waals surface area contributed by atoms with Crippen LogP contribution in [-0.4, -0.2) is 22.0 Å². The van der Waals surface area contributed by atoms with Gasteiger partial charge in [-0.1, -0.05) is 0 Å². The van der Waals surface area contributed by atoms with Crippen LogP contribution in [0.2, 0.25) is 0 Å². The molecule has 1 heterocycles. The molecule has 0 aliphatic rings. The van der Waals surface area contributed by atoms with Crippen LogP contribution in [0.5, 0.6) is 11.5 Å². The number of benzene rings is 1. The molecule has 16 heavy (non-hydrogen) atoms. The van der Waals surface area contributed by atoms with Gasteiger partial charge >= 0.3 is 0 Å². The first kappa shape index (κ1) is 10.5. The maximum atomic E-state index is 9.73. The molecule has 1 N–H and O–H groups in total. The summed E-state index contributed by atoms with van der Waals surface area (Å²) in [6.45, 7) is 2.71. The summed E-state index contributed by atoms with van der Waals surface area (Å²) in [5, 5.41) is 13.8. The molecule has 0 radical (unpaired) electrons. The minimum atomic E-state index is 0.201. The lowest BCUT2D eigenvalue weighted by Gasteiger charge is -2.06. The molecule has 0 aliphatic carbocycles. The topological polar surface area (TPSA) is 47.3 Å². The van der Waals surface area contributed by atoms with Crippen molar-refractivity contribution >= 4 is 0 Å². The Morgan fingerprint density at radius 1 is 1.31 bits per heavy atom. The van der Waals surface area contributed by atoms with Crippen LogP contribution in [0, 0.1) is 0 Å². The van der Waals surface area contributed by atoms with Crippen molar-refractivity contribution in [1.29, 1.82) is 0 Å². The third-order valence-electron chi connectivity index (χ3n) is 2.48. The van der Waals surface area contributed by atoms with Crippen LogP contribution in [0.1, 0.15) is 6.92 Å². The predicted octanol–water partition coefficient (Wildman–Crippen LogP) is 2.28. The highest BCUT2D eigenvalue weighted by atomic mass is 16.5. The van der Waals surface area contributed by atoms with E-state index in [1.165, 1.54) is 6.20 Å². The second-order valence-corrected chi connectivity index (χ2v) is 3.42. The van der Waals surface area contributed by atoms with Crippen LogP contribution in [-0.2, 0) is 6.54 Å². The Hall–Kier alpha value is -1.97. The fraction of sp³-hybridized carbons (Fsp3) is 0.250. The Balaban J connectivity index is 2.45. The second-order valence-electron chi connectivity index (χ2n) is 3.42. The molecule has 0 aliphatic heterocycles. The average molecular weight is 218 g/mol. The average Bonchev–Trinajstić information content (AvgIpc) is 2.70. The van der Waals surface area contributed by atoms with E-state index >= 15 is 0 Å². The van der Waals surface area contributed by atoms with Crippen LogP contribution >= 0.6 is 0 Å². The van der Waals surface area contributed by atoms with Crippen LogP contribution in [0.3, 0.4) is 0 Å². The van der Waals surface area contributed by atoms with Gasteiger partial charge in [-0.3, -0.25) is 4.68 Å². The van der Waals surface area contributed by atoms with Crippen molar-refractivity contribution in [3.05, 3.63) is 30.5 Å². The number of rotatable bonds is 3. The van der Waals surface area contributed by atoms with E-state index in [4.69, 9.17) is 4.74 Å². The molecule has 0 fully saturated rings. The maximum Gasteiger partial charge on any atom is 0.161 e. The number of ether oxygens (including phenoxy) is 1. The van der Waals surface area contributed by atoms with Crippen molar-refractivity contribution < 1.29 is 9.84 Å². The van der Waals surface area contributed by atoms with Gasteiger partial charge in [0.05, 0.1) is 13.3 Å². The molecular weight excluding hydrogens is 204 g/mol. The number of hydrogen-bond donors (Lipinski definition) is 1. The van der Waals surface area contributed by atoms with Crippen molar-refractivity contribution in [3.63, 3.8) is 0 Å². The first-order valence-corrected chi connectivity index (χ1v) is 5.15. The Morgan fingerprint density at radius 3 is 2.56 bits per heavy atom. The summed E-state index contributed by atoms with van der Waals surface area (Å²) in [5.74, 6) is 0.998. The number of aromatic hydroxyl groups is 1. The zero-order valence-corrected chi connectivity index (χ0v) is 9.34. The molecule has 0 saturated carbocycles. The highest BCUT2D eigenvalue weighted by Crippen LogP contribution is 2.29. The molecule has 1 aromatic heterocycles. The van der Waals surface area contributed by atoms with Gasteiger partial charge in [0, 0.05) is 12.1 Å². The van der Waals surface area contributed by atoms with Gasteiger partial charge < -0.3 is 9.84 Å². The van der Waals surface area contributed by atoms with Gasteiger partial charge in [-0.05, 0) is 31.2 Å². The molecule has 2 rings (SSSR count). The monoisotopic (exact) mass is 218 g/mol. The Bertz CT molecular complexity index is 474. The van der Waals surface area contributed by atoms with E-state index in [2.05, 4.69) is 5.10 Å². The lowest BCUT2D eigenvalue weighted by atomic mass is 10.1. The Labute approximate surface area is 94.1 Å². The van der Waals surface area contributed by atoms with E-state index in [9.17, 15) is 5.11 Å². The highest BCUT2D eigenvalue weighted by Gasteiger charge is 2.10. The molecule has 1 aromatic carbocycles. The van der Waals surface area contributed by atoms with Gasteiger partial charge in [-0.2, -0.15) is 5.10 Å². The van der Waals surface area contributed by atoms with E-state index in [1.54, 1.807) is 11.8 Å². The van der Waals surface area contributed by atoms with Gasteiger partial charge in [-0.25, -0.2) is 0 Å². The first-order valence-electron chi connectivity index (χ1n) is 5.15. The molecule has 0 unspecified atom stereocenters. The van der Waals surface area contributed by atoms with Crippen molar-refractivity contribution in [2.75, 3.05) is 7.11 Å². The van der Waals surface area contributed by atoms with Crippen molar-refractivity contribution in [2.24, 2.45) is 0 Å². The van der Waals surface area contributed by atoms with E-state index in [-0.39, 0.29) is 5.75 Å². The zero-order valence-electron chi connectivity index (χ0n) is 9.34. The minimum Gasteiger partial charge on any atom is -0.504 e. The molecule has 0 bridgehead atoms. The fourth-order valence-corrected chi connectivity index (χ4v) is 1.66. The fourth-order valence-electron chi connectivity index (χ4n) is 1.66. The van der Waals surface area contributed by atoms with Crippen molar-refractivity contribution in [1.82, 2.24) is 9.78 Å². The third-order valence-corrected chi connectivity index (χ3v) is 2.48. The summed E-state index contributed by atoms with van der Waals surface area (Å²) in [7, 11) is 1.63. The van der Waals surface area contributed by atoms with E-state index < -0.39 is 0 Å². The third kappa shape index (κ3) is 1.74. The minimum absolute atomic E-state index is 0.201. The molecule has 0 amide bonds. The Morgan fingerprint density at radius 2 is 2.00 bits per heavy atom. The van der Waals surface area contributed by atoms with Crippen LogP contribution < -0.4 is 4.74 Å². The maximum absolute atomic E-state index is 9.73. The summed E-state index contributed by atoms with van der Waals surface area (Å²) >= 11 is 0. The number of aryl methyl sites for hydroxylation is 1. The molecule has 2 aromatic rings. The predicted molar refractivity (Wildman–Crippen MR) is 61.6 cm³/mol. The summed E-state index contributed by atoms with van der Waals surface area (Å²) in [4.78, 5) is 0. The smallest absolute Gasteiger partial charge is 0.161 e. The normalized spacial score (nSPS) is 10.4. The number of hydrogen-bond acceptors (Lipinski definition) is 3. The van der Waals surface area contributed by atoms with E-state index in [0.717, 1.165) is 23.6 Å². The van der Waals surface area contributed by atoms with Gasteiger partial charge in [0.15, 0.2) is 5.75 Å². The van der Waals surface area contributed by atoms with Crippen molar-refractivity contribution in [3.8, 4) is 22.8 Å². The van der Waals surface area contributed by atoms with E-state index in [1.807, 2.05) is 31.2 Å². The number of methoxy groups -OCH3 is 1. The van der Waals surface area contributed by atoms with E-state index in [0.29, 0.717) is 0 Å².